The quantitative estimate of drug-likeness (QED) is 0.666. The van der Waals surface area contributed by atoms with Gasteiger partial charge in [-0.05, 0) is 36.4 Å². The monoisotopic (exact) mass is 391 g/mol. The molecule has 8 nitrogen and oxygen atoms in total. The highest BCUT2D eigenvalue weighted by Crippen LogP contribution is 2.35. The molecular weight excluding hydrogens is 370 g/mol. The average Bonchev–Trinajstić information content (AvgIpc) is 2.76. The molecule has 0 aliphatic carbocycles. The van der Waals surface area contributed by atoms with Crippen molar-refractivity contribution < 1.29 is 14.3 Å². The Kier molecular flexibility index (Phi) is 5.26. The van der Waals surface area contributed by atoms with Crippen LogP contribution in [0.3, 0.4) is 0 Å². The maximum atomic E-state index is 12.2. The molecule has 0 bridgehead atoms. The predicted molar refractivity (Wildman–Crippen MR) is 111 cm³/mol. The van der Waals surface area contributed by atoms with Crippen LogP contribution < -0.4 is 25.4 Å². The van der Waals surface area contributed by atoms with Gasteiger partial charge in [-0.1, -0.05) is 6.07 Å². The van der Waals surface area contributed by atoms with Gasteiger partial charge in [-0.2, -0.15) is 0 Å². The molecule has 0 fully saturated rings. The molecule has 4 rings (SSSR count). The Hall–Kier alpha value is -3.65. The summed E-state index contributed by atoms with van der Waals surface area (Å²) in [6.45, 7) is 0.830. The highest BCUT2D eigenvalue weighted by Gasteiger charge is 2.25. The summed E-state index contributed by atoms with van der Waals surface area (Å²) in [7, 11) is 1.62. The Morgan fingerprint density at radius 3 is 2.97 bits per heavy atom. The van der Waals surface area contributed by atoms with Gasteiger partial charge in [0.25, 0.3) is 5.91 Å². The van der Waals surface area contributed by atoms with E-state index in [2.05, 4.69) is 15.3 Å². The molecule has 0 radical (unpaired) electrons. The number of rotatable bonds is 6. The minimum Gasteiger partial charge on any atom is -0.497 e. The molecule has 8 heteroatoms. The van der Waals surface area contributed by atoms with Gasteiger partial charge in [-0.3, -0.25) is 4.79 Å². The molecule has 1 aliphatic heterocycles. The zero-order valence-electron chi connectivity index (χ0n) is 16.0. The standard InChI is InChI=1S/C21H21N5O3/c1-28-16-4-2-3-15(12-16)24-21-23-9-7-17(25-21)14-5-6-19-18(11-14)26(10-8-22)20(27)13-29-19/h2-7,9,11-12H,8,10,13,22H2,1H3,(H,23,24,25). The second-order valence-electron chi connectivity index (χ2n) is 6.43. The minimum atomic E-state index is -0.108. The van der Waals surface area contributed by atoms with E-state index in [0.717, 1.165) is 22.7 Å². The van der Waals surface area contributed by atoms with Gasteiger partial charge in [0.05, 0.1) is 18.5 Å². The number of ether oxygens (including phenoxy) is 2. The van der Waals surface area contributed by atoms with Crippen molar-refractivity contribution in [2.75, 3.05) is 37.0 Å². The van der Waals surface area contributed by atoms with E-state index in [1.807, 2.05) is 48.5 Å². The van der Waals surface area contributed by atoms with Gasteiger partial charge in [-0.25, -0.2) is 9.97 Å². The molecule has 3 aromatic rings. The molecule has 29 heavy (non-hydrogen) atoms. The first kappa shape index (κ1) is 18.7. The van der Waals surface area contributed by atoms with E-state index in [0.29, 0.717) is 30.5 Å². The average molecular weight is 391 g/mol. The number of benzene rings is 2. The number of carbonyl (C=O) groups is 1. The Morgan fingerprint density at radius 2 is 2.14 bits per heavy atom. The lowest BCUT2D eigenvalue weighted by Crippen LogP contribution is -2.41. The van der Waals surface area contributed by atoms with Crippen molar-refractivity contribution in [3.05, 3.63) is 54.7 Å². The smallest absolute Gasteiger partial charge is 0.265 e. The number of anilines is 3. The van der Waals surface area contributed by atoms with E-state index >= 15 is 0 Å². The molecule has 0 saturated heterocycles. The van der Waals surface area contributed by atoms with Crippen LogP contribution in [-0.2, 0) is 4.79 Å². The van der Waals surface area contributed by atoms with Crippen LogP contribution in [0.1, 0.15) is 0 Å². The maximum Gasteiger partial charge on any atom is 0.265 e. The molecule has 0 spiro atoms. The fourth-order valence-corrected chi connectivity index (χ4v) is 3.15. The largest absolute Gasteiger partial charge is 0.497 e. The van der Waals surface area contributed by atoms with Gasteiger partial charge >= 0.3 is 0 Å². The van der Waals surface area contributed by atoms with E-state index < -0.39 is 0 Å². The number of aromatic nitrogens is 2. The molecule has 0 unspecified atom stereocenters. The predicted octanol–water partition coefficient (Wildman–Crippen LogP) is 2.58. The SMILES string of the molecule is COc1cccc(Nc2nccc(-c3ccc4c(c3)N(CCN)C(=O)CO4)n2)c1. The molecular formula is C21H21N5O3. The maximum absolute atomic E-state index is 12.2. The molecule has 3 N–H and O–H groups in total. The van der Waals surface area contributed by atoms with Crippen LogP contribution >= 0.6 is 0 Å². The second kappa shape index (κ2) is 8.15. The van der Waals surface area contributed by atoms with Gasteiger partial charge in [0.2, 0.25) is 5.95 Å². The summed E-state index contributed by atoms with van der Waals surface area (Å²) in [6, 6.07) is 15.0. The van der Waals surface area contributed by atoms with Crippen LogP contribution in [-0.4, -0.2) is 42.7 Å². The highest BCUT2D eigenvalue weighted by atomic mass is 16.5. The van der Waals surface area contributed by atoms with E-state index in [4.69, 9.17) is 15.2 Å². The third-order valence-electron chi connectivity index (χ3n) is 4.53. The number of nitrogens with zero attached hydrogens (tertiary/aromatic N) is 3. The minimum absolute atomic E-state index is 0.0223. The van der Waals surface area contributed by atoms with Crippen LogP contribution in [0.25, 0.3) is 11.3 Å². The Bertz CT molecular complexity index is 1040. The normalized spacial score (nSPS) is 12.9. The molecule has 2 heterocycles. The zero-order valence-corrected chi connectivity index (χ0v) is 16.0. The summed E-state index contributed by atoms with van der Waals surface area (Å²) in [4.78, 5) is 22.7. The summed E-state index contributed by atoms with van der Waals surface area (Å²) in [5.74, 6) is 1.75. The molecule has 1 amide bonds. The number of carbonyl (C=O) groups excluding carboxylic acids is 1. The summed E-state index contributed by atoms with van der Waals surface area (Å²) < 4.78 is 10.8. The summed E-state index contributed by atoms with van der Waals surface area (Å²) in [6.07, 6.45) is 1.68. The summed E-state index contributed by atoms with van der Waals surface area (Å²) >= 11 is 0. The number of amides is 1. The van der Waals surface area contributed by atoms with Crippen LogP contribution in [0.15, 0.2) is 54.7 Å². The lowest BCUT2D eigenvalue weighted by molar-refractivity contribution is -0.121. The van der Waals surface area contributed by atoms with Crippen molar-refractivity contribution in [2.45, 2.75) is 0 Å². The van der Waals surface area contributed by atoms with E-state index in [-0.39, 0.29) is 12.5 Å². The van der Waals surface area contributed by atoms with Crippen molar-refractivity contribution in [3.63, 3.8) is 0 Å². The molecule has 148 valence electrons. The summed E-state index contributed by atoms with van der Waals surface area (Å²) in [5, 5.41) is 3.18. The number of hydrogen-bond donors (Lipinski definition) is 2. The number of fused-ring (bicyclic) bond motifs is 1. The molecule has 2 aromatic carbocycles. The van der Waals surface area contributed by atoms with Crippen LogP contribution in [0.4, 0.5) is 17.3 Å². The van der Waals surface area contributed by atoms with Gasteiger partial charge in [0, 0.05) is 36.6 Å². The first-order chi connectivity index (χ1) is 14.2. The Labute approximate surface area is 168 Å². The van der Waals surface area contributed by atoms with Gasteiger partial charge in [-0.15, -0.1) is 0 Å². The van der Waals surface area contributed by atoms with Crippen molar-refractivity contribution in [1.29, 1.82) is 0 Å². The molecule has 1 aliphatic rings. The van der Waals surface area contributed by atoms with Crippen molar-refractivity contribution in [3.8, 4) is 22.8 Å². The van der Waals surface area contributed by atoms with Gasteiger partial charge in [0.1, 0.15) is 11.5 Å². The first-order valence-corrected chi connectivity index (χ1v) is 9.19. The first-order valence-electron chi connectivity index (χ1n) is 9.19. The van der Waals surface area contributed by atoms with Crippen molar-refractivity contribution in [1.82, 2.24) is 9.97 Å². The lowest BCUT2D eigenvalue weighted by Gasteiger charge is -2.29. The molecule has 0 saturated carbocycles. The Balaban J connectivity index is 1.64. The van der Waals surface area contributed by atoms with Crippen LogP contribution in [0.2, 0.25) is 0 Å². The highest BCUT2D eigenvalue weighted by molar-refractivity contribution is 5.98. The number of nitrogens with one attached hydrogen (secondary N) is 1. The fraction of sp³-hybridized carbons (Fsp3) is 0.190. The third-order valence-corrected chi connectivity index (χ3v) is 4.53. The van der Waals surface area contributed by atoms with E-state index in [1.54, 1.807) is 18.2 Å². The van der Waals surface area contributed by atoms with Gasteiger partial charge < -0.3 is 25.4 Å². The molecule has 1 aromatic heterocycles. The van der Waals surface area contributed by atoms with E-state index in [1.165, 1.54) is 0 Å². The number of nitrogens with two attached hydrogens (primary N) is 1. The fourth-order valence-electron chi connectivity index (χ4n) is 3.15. The number of hydrogen-bond acceptors (Lipinski definition) is 7. The van der Waals surface area contributed by atoms with E-state index in [9.17, 15) is 4.79 Å². The number of methoxy groups -OCH3 is 1. The lowest BCUT2D eigenvalue weighted by atomic mass is 10.1. The van der Waals surface area contributed by atoms with Crippen LogP contribution in [0, 0.1) is 0 Å². The summed E-state index contributed by atoms with van der Waals surface area (Å²) in [5.41, 5.74) is 8.76. The zero-order chi connectivity index (χ0) is 20.2. The second-order valence-corrected chi connectivity index (χ2v) is 6.43. The Morgan fingerprint density at radius 1 is 1.24 bits per heavy atom. The topological polar surface area (TPSA) is 103 Å². The van der Waals surface area contributed by atoms with Crippen LogP contribution in [0.5, 0.6) is 11.5 Å². The van der Waals surface area contributed by atoms with Crippen molar-refractivity contribution >= 4 is 23.2 Å². The van der Waals surface area contributed by atoms with Crippen molar-refractivity contribution in [2.24, 2.45) is 5.73 Å². The molecule has 0 atom stereocenters. The third kappa shape index (κ3) is 3.97. The van der Waals surface area contributed by atoms with Gasteiger partial charge in [0.15, 0.2) is 6.61 Å².